The van der Waals surface area contributed by atoms with Gasteiger partial charge in [-0.15, -0.1) is 0 Å². The zero-order valence-corrected chi connectivity index (χ0v) is 27.9. The van der Waals surface area contributed by atoms with Crippen LogP contribution in [0.25, 0.3) is 0 Å². The Bertz CT molecular complexity index is 833. The van der Waals surface area contributed by atoms with Crippen molar-refractivity contribution in [2.24, 2.45) is 99.1 Å². The standard InChI is InChI=1S/C38H68/c1-22(2)33-25(5)21-36(10)29(9)37(11)32(20-30-18-16-23(3)17-19-30)31-15-13-14-24(4)34(31)26(6)35(37)28(8)38(36,12)27(33)7/h22-35H,13-21H2,1-12H3. The largest absolute Gasteiger partial charge is 0.0625 e. The van der Waals surface area contributed by atoms with Gasteiger partial charge in [0.1, 0.15) is 0 Å². The maximum atomic E-state index is 2.90. The highest BCUT2D eigenvalue weighted by molar-refractivity contribution is 5.20. The smallest absolute Gasteiger partial charge is 0.0212 e. The van der Waals surface area contributed by atoms with Crippen molar-refractivity contribution in [2.45, 2.75) is 141 Å². The van der Waals surface area contributed by atoms with E-state index in [1.165, 1.54) is 51.4 Å². The van der Waals surface area contributed by atoms with Crippen molar-refractivity contribution < 1.29 is 0 Å². The van der Waals surface area contributed by atoms with Crippen LogP contribution in [0.4, 0.5) is 0 Å². The predicted octanol–water partition coefficient (Wildman–Crippen LogP) is 11.4. The van der Waals surface area contributed by atoms with Crippen LogP contribution >= 0.6 is 0 Å². The second-order valence-electron chi connectivity index (χ2n) is 17.9. The van der Waals surface area contributed by atoms with Gasteiger partial charge in [0.25, 0.3) is 0 Å². The number of rotatable bonds is 3. The first kappa shape index (κ1) is 29.5. The van der Waals surface area contributed by atoms with Crippen molar-refractivity contribution in [3.8, 4) is 0 Å². The fourth-order valence-electron chi connectivity index (χ4n) is 14.6. The third-order valence-electron chi connectivity index (χ3n) is 16.6. The zero-order valence-electron chi connectivity index (χ0n) is 27.9. The Morgan fingerprint density at radius 1 is 0.737 bits per heavy atom. The van der Waals surface area contributed by atoms with Gasteiger partial charge in [0.15, 0.2) is 0 Å². The van der Waals surface area contributed by atoms with Gasteiger partial charge in [-0.2, -0.15) is 0 Å². The molecule has 0 aliphatic heterocycles. The normalized spacial score (nSPS) is 59.1. The van der Waals surface area contributed by atoms with Gasteiger partial charge in [0.2, 0.25) is 0 Å². The molecule has 0 bridgehead atoms. The van der Waals surface area contributed by atoms with E-state index in [0.29, 0.717) is 16.2 Å². The van der Waals surface area contributed by atoms with Crippen molar-refractivity contribution in [3.63, 3.8) is 0 Å². The third-order valence-corrected chi connectivity index (χ3v) is 16.6. The molecule has 0 heterocycles. The summed E-state index contributed by atoms with van der Waals surface area (Å²) in [5.74, 6) is 12.5. The van der Waals surface area contributed by atoms with Crippen molar-refractivity contribution in [1.29, 1.82) is 0 Å². The summed E-state index contributed by atoms with van der Waals surface area (Å²) in [7, 11) is 0. The minimum absolute atomic E-state index is 0.432. The maximum absolute atomic E-state index is 2.90. The Balaban J connectivity index is 1.62. The summed E-state index contributed by atoms with van der Waals surface area (Å²) in [5, 5.41) is 0. The van der Waals surface area contributed by atoms with Gasteiger partial charge in [0, 0.05) is 0 Å². The van der Waals surface area contributed by atoms with Crippen LogP contribution in [0, 0.1) is 99.1 Å². The molecule has 0 saturated heterocycles. The molecule has 0 nitrogen and oxygen atoms in total. The van der Waals surface area contributed by atoms with E-state index in [0.717, 1.165) is 82.9 Å². The Hall–Kier alpha value is 0. The monoisotopic (exact) mass is 525 g/mol. The molecule has 5 saturated carbocycles. The lowest BCUT2D eigenvalue weighted by molar-refractivity contribution is -0.294. The number of fused-ring (bicyclic) bond motifs is 3. The molecule has 0 N–H and O–H groups in total. The van der Waals surface area contributed by atoms with E-state index in [9.17, 15) is 0 Å². The maximum Gasteiger partial charge on any atom is -0.0212 e. The molecule has 5 aliphatic carbocycles. The Morgan fingerprint density at radius 3 is 1.97 bits per heavy atom. The average Bonchev–Trinajstić information content (AvgIpc) is 2.84. The molecule has 0 heteroatoms. The summed E-state index contributed by atoms with van der Waals surface area (Å²) in [6, 6.07) is 0. The van der Waals surface area contributed by atoms with E-state index in [1.807, 2.05) is 0 Å². The number of hydrogen-bond acceptors (Lipinski definition) is 0. The fourth-order valence-corrected chi connectivity index (χ4v) is 14.6. The quantitative estimate of drug-likeness (QED) is 0.344. The van der Waals surface area contributed by atoms with E-state index in [1.54, 1.807) is 6.42 Å². The third kappa shape index (κ3) is 3.92. The second-order valence-corrected chi connectivity index (χ2v) is 17.9. The average molecular weight is 525 g/mol. The van der Waals surface area contributed by atoms with Crippen LogP contribution in [-0.4, -0.2) is 0 Å². The molecule has 5 rings (SSSR count). The van der Waals surface area contributed by atoms with Gasteiger partial charge in [0.05, 0.1) is 0 Å². The van der Waals surface area contributed by atoms with E-state index in [-0.39, 0.29) is 0 Å². The molecule has 14 unspecified atom stereocenters. The van der Waals surface area contributed by atoms with E-state index >= 15 is 0 Å². The minimum atomic E-state index is 0.432. The van der Waals surface area contributed by atoms with Crippen LogP contribution in [0.5, 0.6) is 0 Å². The topological polar surface area (TPSA) is 0 Å². The molecule has 5 aliphatic rings. The van der Waals surface area contributed by atoms with E-state index in [4.69, 9.17) is 0 Å². The lowest BCUT2D eigenvalue weighted by Crippen LogP contribution is -2.72. The van der Waals surface area contributed by atoms with Gasteiger partial charge in [-0.1, -0.05) is 122 Å². The summed E-state index contributed by atoms with van der Waals surface area (Å²) in [5.41, 5.74) is 1.36. The highest BCUT2D eigenvalue weighted by atomic mass is 14.8. The van der Waals surface area contributed by atoms with Crippen LogP contribution in [0.3, 0.4) is 0 Å². The molecule has 0 aromatic rings. The van der Waals surface area contributed by atoms with Crippen LogP contribution < -0.4 is 0 Å². The highest BCUT2D eigenvalue weighted by Crippen LogP contribution is 2.78. The summed E-state index contributed by atoms with van der Waals surface area (Å²) in [6.07, 6.45) is 13.6. The van der Waals surface area contributed by atoms with Gasteiger partial charge in [-0.05, 0) is 118 Å². The highest BCUT2D eigenvalue weighted by Gasteiger charge is 2.73. The summed E-state index contributed by atoms with van der Waals surface area (Å²) < 4.78 is 0. The minimum Gasteiger partial charge on any atom is -0.0625 e. The van der Waals surface area contributed by atoms with Crippen molar-refractivity contribution in [3.05, 3.63) is 0 Å². The zero-order chi connectivity index (χ0) is 27.9. The molecular formula is C38H68. The van der Waals surface area contributed by atoms with E-state index in [2.05, 4.69) is 83.1 Å². The van der Waals surface area contributed by atoms with Gasteiger partial charge in [-0.3, -0.25) is 0 Å². The molecule has 0 aromatic carbocycles. The SMILES string of the molecule is CC1CCC(CC2C3CCCC(C)C3C(C)C3C(C)C4(C)C(C)C(C(C)C)C(C)CC4(C)C(C)C23C)CC1. The fraction of sp³-hybridized carbons (Fsp3) is 1.00. The molecule has 38 heavy (non-hydrogen) atoms. The van der Waals surface area contributed by atoms with Crippen LogP contribution in [0.2, 0.25) is 0 Å². The lowest BCUT2D eigenvalue weighted by atomic mass is 9.27. The van der Waals surface area contributed by atoms with E-state index < -0.39 is 0 Å². The van der Waals surface area contributed by atoms with Crippen molar-refractivity contribution in [1.82, 2.24) is 0 Å². The summed E-state index contributed by atoms with van der Waals surface area (Å²) >= 11 is 0. The molecule has 0 spiro atoms. The Kier molecular flexibility index (Phi) is 7.82. The summed E-state index contributed by atoms with van der Waals surface area (Å²) in [6.45, 7) is 32.5. The molecule has 0 radical (unpaired) electrons. The molecule has 14 atom stereocenters. The van der Waals surface area contributed by atoms with Crippen LogP contribution in [0.15, 0.2) is 0 Å². The van der Waals surface area contributed by atoms with Crippen molar-refractivity contribution >= 4 is 0 Å². The van der Waals surface area contributed by atoms with Crippen LogP contribution in [-0.2, 0) is 0 Å². The first-order chi connectivity index (χ1) is 17.7. The number of hydrogen-bond donors (Lipinski definition) is 0. The Labute approximate surface area is 239 Å². The molecular weight excluding hydrogens is 456 g/mol. The molecule has 5 fully saturated rings. The molecule has 220 valence electrons. The molecule has 0 aromatic heterocycles. The summed E-state index contributed by atoms with van der Waals surface area (Å²) in [4.78, 5) is 0. The lowest BCUT2D eigenvalue weighted by Gasteiger charge is -2.77. The van der Waals surface area contributed by atoms with Gasteiger partial charge < -0.3 is 0 Å². The van der Waals surface area contributed by atoms with Gasteiger partial charge >= 0.3 is 0 Å². The predicted molar refractivity (Wildman–Crippen MR) is 166 cm³/mol. The van der Waals surface area contributed by atoms with Crippen molar-refractivity contribution in [2.75, 3.05) is 0 Å². The second kappa shape index (κ2) is 10.1. The van der Waals surface area contributed by atoms with Crippen LogP contribution in [0.1, 0.15) is 141 Å². The first-order valence-corrected chi connectivity index (χ1v) is 17.7. The first-order valence-electron chi connectivity index (χ1n) is 17.7. The molecule has 0 amide bonds. The Morgan fingerprint density at radius 2 is 1.37 bits per heavy atom. The van der Waals surface area contributed by atoms with Gasteiger partial charge in [-0.25, -0.2) is 0 Å².